The number of anilines is 1. The maximum Gasteiger partial charge on any atom is 0.240 e. The molecule has 118 valence electrons. The molecular formula is C15H23ClN2O2S. The second-order valence-corrected chi connectivity index (χ2v) is 8.17. The Kier molecular flexibility index (Phi) is 5.52. The first-order valence-corrected chi connectivity index (χ1v) is 9.29. The number of hydrogen-bond donors (Lipinski definition) is 2. The maximum atomic E-state index is 12.2. The molecule has 0 aromatic heterocycles. The number of nitrogen functional groups attached to an aromatic ring is 1. The van der Waals surface area contributed by atoms with Crippen LogP contribution in [0.3, 0.4) is 0 Å². The third-order valence-corrected chi connectivity index (χ3v) is 6.05. The van der Waals surface area contributed by atoms with Crippen molar-refractivity contribution in [2.24, 2.45) is 11.8 Å². The molecule has 1 aromatic carbocycles. The van der Waals surface area contributed by atoms with E-state index in [1.54, 1.807) is 0 Å². The van der Waals surface area contributed by atoms with E-state index in [0.717, 1.165) is 12.3 Å². The molecular weight excluding hydrogens is 308 g/mol. The second-order valence-electron chi connectivity index (χ2n) is 6.00. The largest absolute Gasteiger partial charge is 0.398 e. The highest BCUT2D eigenvalue weighted by Gasteiger charge is 2.19. The molecule has 4 nitrogen and oxygen atoms in total. The molecule has 0 saturated heterocycles. The zero-order valence-electron chi connectivity index (χ0n) is 12.3. The molecule has 6 heteroatoms. The van der Waals surface area contributed by atoms with Crippen LogP contribution in [0.25, 0.3) is 0 Å². The normalized spacial score (nSPS) is 23.1. The van der Waals surface area contributed by atoms with Gasteiger partial charge in [0.05, 0.1) is 15.6 Å². The van der Waals surface area contributed by atoms with E-state index in [0.29, 0.717) is 18.2 Å². The van der Waals surface area contributed by atoms with Gasteiger partial charge in [0.15, 0.2) is 0 Å². The third-order valence-electron chi connectivity index (χ3n) is 4.26. The molecule has 0 radical (unpaired) electrons. The van der Waals surface area contributed by atoms with Crippen molar-refractivity contribution in [2.75, 3.05) is 12.3 Å². The van der Waals surface area contributed by atoms with Crippen LogP contribution >= 0.6 is 11.6 Å². The Morgan fingerprint density at radius 1 is 1.29 bits per heavy atom. The number of rotatable bonds is 5. The highest BCUT2D eigenvalue weighted by molar-refractivity contribution is 7.89. The summed E-state index contributed by atoms with van der Waals surface area (Å²) < 4.78 is 27.0. The van der Waals surface area contributed by atoms with Gasteiger partial charge in [0, 0.05) is 6.54 Å². The number of hydrogen-bond acceptors (Lipinski definition) is 3. The van der Waals surface area contributed by atoms with Crippen LogP contribution in [0.15, 0.2) is 23.1 Å². The van der Waals surface area contributed by atoms with Crippen LogP contribution in [-0.2, 0) is 10.0 Å². The Labute approximate surface area is 132 Å². The van der Waals surface area contributed by atoms with Crippen molar-refractivity contribution in [3.05, 3.63) is 23.2 Å². The summed E-state index contributed by atoms with van der Waals surface area (Å²) in [5.74, 6) is 1.45. The van der Waals surface area contributed by atoms with Crippen LogP contribution in [0, 0.1) is 11.8 Å². The van der Waals surface area contributed by atoms with E-state index in [1.165, 1.54) is 43.9 Å². The van der Waals surface area contributed by atoms with Crippen LogP contribution < -0.4 is 10.5 Å². The summed E-state index contributed by atoms with van der Waals surface area (Å²) in [5.41, 5.74) is 5.98. The smallest absolute Gasteiger partial charge is 0.240 e. The monoisotopic (exact) mass is 330 g/mol. The minimum absolute atomic E-state index is 0.166. The predicted molar refractivity (Wildman–Crippen MR) is 86.8 cm³/mol. The van der Waals surface area contributed by atoms with Crippen molar-refractivity contribution >= 4 is 27.3 Å². The molecule has 21 heavy (non-hydrogen) atoms. The van der Waals surface area contributed by atoms with Crippen LogP contribution in [0.5, 0.6) is 0 Å². The Balaban J connectivity index is 1.88. The molecule has 0 unspecified atom stereocenters. The summed E-state index contributed by atoms with van der Waals surface area (Å²) in [4.78, 5) is 0.166. The Morgan fingerprint density at radius 2 is 1.95 bits per heavy atom. The first-order chi connectivity index (χ1) is 9.88. The van der Waals surface area contributed by atoms with Gasteiger partial charge in [-0.25, -0.2) is 13.1 Å². The lowest BCUT2D eigenvalue weighted by Crippen LogP contribution is -2.27. The lowest BCUT2D eigenvalue weighted by atomic mass is 9.81. The molecule has 1 fully saturated rings. The van der Waals surface area contributed by atoms with Gasteiger partial charge in [-0.2, -0.15) is 0 Å². The van der Waals surface area contributed by atoms with Gasteiger partial charge in [0.2, 0.25) is 10.0 Å². The maximum absolute atomic E-state index is 12.2. The Hall–Kier alpha value is -0.780. The zero-order valence-corrected chi connectivity index (χ0v) is 13.9. The van der Waals surface area contributed by atoms with E-state index >= 15 is 0 Å². The van der Waals surface area contributed by atoms with Crippen LogP contribution in [0.2, 0.25) is 5.02 Å². The van der Waals surface area contributed by atoms with Crippen molar-refractivity contribution in [3.63, 3.8) is 0 Å². The van der Waals surface area contributed by atoms with E-state index in [1.807, 2.05) is 0 Å². The van der Waals surface area contributed by atoms with Crippen molar-refractivity contribution in [1.29, 1.82) is 0 Å². The van der Waals surface area contributed by atoms with Gasteiger partial charge in [-0.1, -0.05) is 44.2 Å². The molecule has 0 atom stereocenters. The Morgan fingerprint density at radius 3 is 2.57 bits per heavy atom. The van der Waals surface area contributed by atoms with Gasteiger partial charge in [0.1, 0.15) is 0 Å². The van der Waals surface area contributed by atoms with Gasteiger partial charge >= 0.3 is 0 Å². The summed E-state index contributed by atoms with van der Waals surface area (Å²) in [6.07, 6.45) is 5.82. The molecule has 0 spiro atoms. The van der Waals surface area contributed by atoms with Crippen LogP contribution in [-0.4, -0.2) is 15.0 Å². The second kappa shape index (κ2) is 6.99. The third kappa shape index (κ3) is 4.59. The van der Waals surface area contributed by atoms with Crippen molar-refractivity contribution in [3.8, 4) is 0 Å². The first-order valence-electron chi connectivity index (χ1n) is 7.43. The molecule has 0 heterocycles. The van der Waals surface area contributed by atoms with Crippen molar-refractivity contribution < 1.29 is 8.42 Å². The number of sulfonamides is 1. The van der Waals surface area contributed by atoms with E-state index in [-0.39, 0.29) is 9.92 Å². The summed E-state index contributed by atoms with van der Waals surface area (Å²) >= 11 is 5.87. The zero-order chi connectivity index (χ0) is 15.5. The van der Waals surface area contributed by atoms with Crippen LogP contribution in [0.1, 0.15) is 39.0 Å². The van der Waals surface area contributed by atoms with E-state index in [2.05, 4.69) is 11.6 Å². The summed E-state index contributed by atoms with van der Waals surface area (Å²) in [7, 11) is -3.50. The molecule has 0 amide bonds. The molecule has 1 aliphatic rings. The molecule has 0 bridgehead atoms. The van der Waals surface area contributed by atoms with Crippen molar-refractivity contribution in [1.82, 2.24) is 4.72 Å². The number of halogens is 1. The quantitative estimate of drug-likeness (QED) is 0.812. The molecule has 1 saturated carbocycles. The van der Waals surface area contributed by atoms with Crippen molar-refractivity contribution in [2.45, 2.75) is 43.9 Å². The number of benzene rings is 1. The van der Waals surface area contributed by atoms with Crippen LogP contribution in [0.4, 0.5) is 5.69 Å². The summed E-state index contributed by atoms with van der Waals surface area (Å²) in [6, 6.07) is 4.38. The molecule has 3 N–H and O–H groups in total. The minimum atomic E-state index is -3.50. The first kappa shape index (κ1) is 16.6. The molecule has 0 aliphatic heterocycles. The lowest BCUT2D eigenvalue weighted by molar-refractivity contribution is 0.278. The summed E-state index contributed by atoms with van der Waals surface area (Å²) in [6.45, 7) is 2.76. The van der Waals surface area contributed by atoms with E-state index < -0.39 is 10.0 Å². The fourth-order valence-corrected chi connectivity index (χ4v) is 4.09. The topological polar surface area (TPSA) is 72.2 Å². The average molecular weight is 331 g/mol. The number of nitrogens with one attached hydrogen (secondary N) is 1. The van der Waals surface area contributed by atoms with Gasteiger partial charge < -0.3 is 5.73 Å². The predicted octanol–water partition coefficient (Wildman–Crippen LogP) is 3.42. The van der Waals surface area contributed by atoms with Gasteiger partial charge in [-0.3, -0.25) is 0 Å². The van der Waals surface area contributed by atoms with Gasteiger partial charge in [-0.05, 0) is 36.5 Å². The minimum Gasteiger partial charge on any atom is -0.398 e. The van der Waals surface area contributed by atoms with E-state index in [9.17, 15) is 8.42 Å². The SMILES string of the molecule is CC1CCC(CCNS(=O)(=O)c2ccc(N)c(Cl)c2)CC1. The van der Waals surface area contributed by atoms with Gasteiger partial charge in [-0.15, -0.1) is 0 Å². The number of nitrogens with two attached hydrogens (primary N) is 1. The summed E-state index contributed by atoms with van der Waals surface area (Å²) in [5, 5.41) is 0.263. The molecule has 1 aliphatic carbocycles. The lowest BCUT2D eigenvalue weighted by Gasteiger charge is -2.26. The van der Waals surface area contributed by atoms with Gasteiger partial charge in [0.25, 0.3) is 0 Å². The highest BCUT2D eigenvalue weighted by atomic mass is 35.5. The average Bonchev–Trinajstić information content (AvgIpc) is 2.44. The molecule has 2 rings (SSSR count). The standard InChI is InChI=1S/C15H23ClN2O2S/c1-11-2-4-12(5-3-11)8-9-18-21(19,20)13-6-7-15(17)14(16)10-13/h6-7,10-12,18H,2-5,8-9,17H2,1H3. The van der Waals surface area contributed by atoms with E-state index in [4.69, 9.17) is 17.3 Å². The fraction of sp³-hybridized carbons (Fsp3) is 0.600. The Bertz CT molecular complexity index is 581. The highest BCUT2D eigenvalue weighted by Crippen LogP contribution is 2.30. The molecule has 1 aromatic rings. The fourth-order valence-electron chi connectivity index (χ4n) is 2.77.